The zero-order valence-corrected chi connectivity index (χ0v) is 11.3. The zero-order chi connectivity index (χ0) is 14.0. The van der Waals surface area contributed by atoms with E-state index in [4.69, 9.17) is 0 Å². The first-order valence-electron chi connectivity index (χ1n) is 6.08. The van der Waals surface area contributed by atoms with Crippen molar-refractivity contribution in [2.75, 3.05) is 4.72 Å². The van der Waals surface area contributed by atoms with E-state index in [2.05, 4.69) is 9.71 Å². The predicted octanol–water partition coefficient (Wildman–Crippen LogP) is 3.04. The maximum Gasteiger partial charge on any atom is 0.280 e. The first-order valence-corrected chi connectivity index (χ1v) is 7.57. The van der Waals surface area contributed by atoms with E-state index >= 15 is 0 Å². The SMILES string of the molecule is O=S(=O)(Nc1ccccc1)c1nccc2ccccc12. The van der Waals surface area contributed by atoms with Crippen molar-refractivity contribution in [3.63, 3.8) is 0 Å². The fraction of sp³-hybridized carbons (Fsp3) is 0. The highest BCUT2D eigenvalue weighted by Gasteiger charge is 2.18. The van der Waals surface area contributed by atoms with Gasteiger partial charge in [0, 0.05) is 17.3 Å². The molecule has 0 aliphatic heterocycles. The Morgan fingerprint density at radius 2 is 1.55 bits per heavy atom. The lowest BCUT2D eigenvalue weighted by molar-refractivity contribution is 0.599. The Bertz CT molecular complexity index is 841. The molecule has 0 amide bonds. The summed E-state index contributed by atoms with van der Waals surface area (Å²) in [5, 5.41) is 1.49. The van der Waals surface area contributed by atoms with Gasteiger partial charge in [0.05, 0.1) is 0 Å². The molecule has 0 aliphatic rings. The van der Waals surface area contributed by atoms with E-state index in [0.29, 0.717) is 11.1 Å². The lowest BCUT2D eigenvalue weighted by Crippen LogP contribution is -2.14. The highest BCUT2D eigenvalue weighted by atomic mass is 32.2. The number of fused-ring (bicyclic) bond motifs is 1. The normalized spacial score (nSPS) is 11.4. The predicted molar refractivity (Wildman–Crippen MR) is 79.0 cm³/mol. The van der Waals surface area contributed by atoms with Crippen molar-refractivity contribution in [1.82, 2.24) is 4.98 Å². The first-order chi connectivity index (χ1) is 9.67. The summed E-state index contributed by atoms with van der Waals surface area (Å²) in [6, 6.07) is 17.8. The summed E-state index contributed by atoms with van der Waals surface area (Å²) in [6.45, 7) is 0. The number of pyridine rings is 1. The maximum absolute atomic E-state index is 12.4. The van der Waals surface area contributed by atoms with Crippen molar-refractivity contribution < 1.29 is 8.42 Å². The molecule has 1 N–H and O–H groups in total. The van der Waals surface area contributed by atoms with Crippen molar-refractivity contribution in [3.05, 3.63) is 66.9 Å². The minimum Gasteiger partial charge on any atom is -0.278 e. The molecule has 0 saturated carbocycles. The van der Waals surface area contributed by atoms with Gasteiger partial charge in [-0.3, -0.25) is 4.72 Å². The van der Waals surface area contributed by atoms with Gasteiger partial charge in [0.2, 0.25) is 0 Å². The van der Waals surface area contributed by atoms with Crippen molar-refractivity contribution in [3.8, 4) is 0 Å². The Morgan fingerprint density at radius 1 is 0.850 bits per heavy atom. The highest BCUT2D eigenvalue weighted by molar-refractivity contribution is 7.92. The van der Waals surface area contributed by atoms with Crippen LogP contribution in [0.1, 0.15) is 0 Å². The molecule has 4 nitrogen and oxygen atoms in total. The summed E-state index contributed by atoms with van der Waals surface area (Å²) < 4.78 is 27.4. The smallest absolute Gasteiger partial charge is 0.278 e. The molecule has 0 aliphatic carbocycles. The van der Waals surface area contributed by atoms with Gasteiger partial charge in [0.25, 0.3) is 10.0 Å². The van der Waals surface area contributed by atoms with Gasteiger partial charge in [0.15, 0.2) is 5.03 Å². The molecule has 0 atom stereocenters. The molecule has 20 heavy (non-hydrogen) atoms. The molecule has 5 heteroatoms. The van der Waals surface area contributed by atoms with Crippen LogP contribution in [-0.2, 0) is 10.0 Å². The monoisotopic (exact) mass is 284 g/mol. The van der Waals surface area contributed by atoms with Gasteiger partial charge in [-0.25, -0.2) is 4.98 Å². The molecule has 0 bridgehead atoms. The third-order valence-electron chi connectivity index (χ3n) is 2.92. The second kappa shape index (κ2) is 4.94. The van der Waals surface area contributed by atoms with Gasteiger partial charge >= 0.3 is 0 Å². The van der Waals surface area contributed by atoms with Crippen LogP contribution < -0.4 is 4.72 Å². The van der Waals surface area contributed by atoms with E-state index < -0.39 is 10.0 Å². The third-order valence-corrected chi connectivity index (χ3v) is 4.26. The number of nitrogens with one attached hydrogen (secondary N) is 1. The van der Waals surface area contributed by atoms with Gasteiger partial charge in [-0.1, -0.05) is 42.5 Å². The topological polar surface area (TPSA) is 59.1 Å². The average Bonchev–Trinajstić information content (AvgIpc) is 2.47. The van der Waals surface area contributed by atoms with Crippen molar-refractivity contribution in [2.24, 2.45) is 0 Å². The Hall–Kier alpha value is -2.40. The number of anilines is 1. The van der Waals surface area contributed by atoms with Gasteiger partial charge in [-0.15, -0.1) is 0 Å². The summed E-state index contributed by atoms with van der Waals surface area (Å²) in [7, 11) is -3.70. The molecule has 0 unspecified atom stereocenters. The molecule has 0 saturated heterocycles. The van der Waals surface area contributed by atoms with E-state index in [1.54, 1.807) is 42.5 Å². The Balaban J connectivity index is 2.10. The van der Waals surface area contributed by atoms with Gasteiger partial charge in [-0.2, -0.15) is 8.42 Å². The van der Waals surface area contributed by atoms with Crippen molar-refractivity contribution in [1.29, 1.82) is 0 Å². The van der Waals surface area contributed by atoms with Crippen molar-refractivity contribution in [2.45, 2.75) is 5.03 Å². The molecule has 0 radical (unpaired) electrons. The molecule has 2 aromatic carbocycles. The van der Waals surface area contributed by atoms with Crippen LogP contribution in [0.25, 0.3) is 10.8 Å². The number of nitrogens with zero attached hydrogens (tertiary/aromatic N) is 1. The molecule has 1 heterocycles. The number of rotatable bonds is 3. The number of aromatic nitrogens is 1. The Labute approximate surface area is 117 Å². The third kappa shape index (κ3) is 2.35. The van der Waals surface area contributed by atoms with E-state index in [0.717, 1.165) is 5.39 Å². The summed E-state index contributed by atoms with van der Waals surface area (Å²) in [6.07, 6.45) is 1.50. The minimum atomic E-state index is -3.70. The fourth-order valence-corrected chi connectivity index (χ4v) is 3.23. The molecule has 3 aromatic rings. The van der Waals surface area contributed by atoms with E-state index in [1.807, 2.05) is 18.2 Å². The van der Waals surface area contributed by atoms with Crippen molar-refractivity contribution >= 4 is 26.5 Å². The molecular weight excluding hydrogens is 272 g/mol. The number of benzene rings is 2. The van der Waals surface area contributed by atoms with E-state index in [9.17, 15) is 8.42 Å². The molecule has 100 valence electrons. The number of hydrogen-bond acceptors (Lipinski definition) is 3. The molecular formula is C15H12N2O2S. The highest BCUT2D eigenvalue weighted by Crippen LogP contribution is 2.22. The van der Waals surface area contributed by atoms with E-state index in [-0.39, 0.29) is 5.03 Å². The second-order valence-corrected chi connectivity index (χ2v) is 5.91. The zero-order valence-electron chi connectivity index (χ0n) is 10.5. The number of para-hydroxylation sites is 1. The van der Waals surface area contributed by atoms with Crippen LogP contribution in [0, 0.1) is 0 Å². The van der Waals surface area contributed by atoms with Crippen LogP contribution in [-0.4, -0.2) is 13.4 Å². The van der Waals surface area contributed by atoms with Crippen LogP contribution in [0.15, 0.2) is 71.9 Å². The van der Waals surface area contributed by atoms with Gasteiger partial charge < -0.3 is 0 Å². The summed E-state index contributed by atoms with van der Waals surface area (Å²) in [5.74, 6) is 0. The molecule has 0 fully saturated rings. The average molecular weight is 284 g/mol. The second-order valence-electron chi connectivity index (χ2n) is 4.31. The molecule has 3 rings (SSSR count). The Kier molecular flexibility index (Phi) is 3.12. The molecule has 0 spiro atoms. The van der Waals surface area contributed by atoms with Crippen LogP contribution in [0.4, 0.5) is 5.69 Å². The summed E-state index contributed by atoms with van der Waals surface area (Å²) >= 11 is 0. The quantitative estimate of drug-likeness (QED) is 0.804. The van der Waals surface area contributed by atoms with Crippen LogP contribution in [0.3, 0.4) is 0 Å². The maximum atomic E-state index is 12.4. The lowest BCUT2D eigenvalue weighted by atomic mass is 10.2. The largest absolute Gasteiger partial charge is 0.280 e. The standard InChI is InChI=1S/C15H12N2O2S/c18-20(19,17-13-7-2-1-3-8-13)15-14-9-5-4-6-12(14)10-11-16-15/h1-11,17H. The van der Waals surface area contributed by atoms with Gasteiger partial charge in [0.1, 0.15) is 0 Å². The number of hydrogen-bond donors (Lipinski definition) is 1. The fourth-order valence-electron chi connectivity index (χ4n) is 2.02. The van der Waals surface area contributed by atoms with Crippen LogP contribution in [0.5, 0.6) is 0 Å². The summed E-state index contributed by atoms with van der Waals surface area (Å²) in [4.78, 5) is 4.02. The Morgan fingerprint density at radius 3 is 2.35 bits per heavy atom. The van der Waals surface area contributed by atoms with Gasteiger partial charge in [-0.05, 0) is 23.6 Å². The lowest BCUT2D eigenvalue weighted by Gasteiger charge is -2.09. The summed E-state index contributed by atoms with van der Waals surface area (Å²) in [5.41, 5.74) is 0.516. The van der Waals surface area contributed by atoms with E-state index in [1.165, 1.54) is 6.20 Å². The first kappa shape index (κ1) is 12.6. The molecule has 1 aromatic heterocycles. The minimum absolute atomic E-state index is 0.0412. The number of sulfonamides is 1. The van der Waals surface area contributed by atoms with Crippen LogP contribution in [0.2, 0.25) is 0 Å². The van der Waals surface area contributed by atoms with Crippen LogP contribution >= 0.6 is 0 Å².